The first-order chi connectivity index (χ1) is 17.8. The van der Waals surface area contributed by atoms with Crippen LogP contribution in [0.1, 0.15) is 56.6 Å². The SMILES string of the molecule is C[C@H](C(=O)NC1CCCC1)N(C(=O)C[S@](=O)CC(=O)Nc1ccc(F)cc1)c1cccc2c1CCCC2. The Bertz CT molecular complexity index is 1160. The minimum atomic E-state index is -1.80. The van der Waals surface area contributed by atoms with Crippen LogP contribution in [0.5, 0.6) is 0 Å². The van der Waals surface area contributed by atoms with Crippen LogP contribution in [0, 0.1) is 5.82 Å². The van der Waals surface area contributed by atoms with Crippen molar-refractivity contribution < 1.29 is 23.0 Å². The molecule has 2 atom stereocenters. The molecule has 0 heterocycles. The maximum atomic E-state index is 13.6. The second kappa shape index (κ2) is 12.4. The van der Waals surface area contributed by atoms with Gasteiger partial charge >= 0.3 is 0 Å². The molecule has 2 aromatic rings. The molecule has 2 aliphatic rings. The molecular formula is C28H34FN3O4S. The highest BCUT2D eigenvalue weighted by atomic mass is 32.2. The van der Waals surface area contributed by atoms with Crippen LogP contribution in [0.4, 0.5) is 15.8 Å². The van der Waals surface area contributed by atoms with Gasteiger partial charge in [-0.1, -0.05) is 25.0 Å². The predicted molar refractivity (Wildman–Crippen MR) is 143 cm³/mol. The Labute approximate surface area is 219 Å². The Hall–Kier alpha value is -3.07. The summed E-state index contributed by atoms with van der Waals surface area (Å²) in [6.07, 6.45) is 7.83. The zero-order chi connectivity index (χ0) is 26.4. The van der Waals surface area contributed by atoms with Gasteiger partial charge in [0, 0.05) is 28.2 Å². The zero-order valence-electron chi connectivity index (χ0n) is 21.1. The van der Waals surface area contributed by atoms with Gasteiger partial charge < -0.3 is 10.6 Å². The van der Waals surface area contributed by atoms with E-state index in [1.165, 1.54) is 34.7 Å². The van der Waals surface area contributed by atoms with Crippen molar-refractivity contribution in [1.29, 1.82) is 0 Å². The van der Waals surface area contributed by atoms with Crippen LogP contribution in [0.3, 0.4) is 0 Å². The van der Waals surface area contributed by atoms with Crippen molar-refractivity contribution in [3.63, 3.8) is 0 Å². The monoisotopic (exact) mass is 527 g/mol. The molecule has 1 saturated carbocycles. The van der Waals surface area contributed by atoms with Gasteiger partial charge in [0.25, 0.3) is 0 Å². The highest BCUT2D eigenvalue weighted by Gasteiger charge is 2.32. The quantitative estimate of drug-likeness (QED) is 0.518. The van der Waals surface area contributed by atoms with E-state index in [4.69, 9.17) is 0 Å². The van der Waals surface area contributed by atoms with Crippen molar-refractivity contribution in [3.8, 4) is 0 Å². The Balaban J connectivity index is 1.49. The molecule has 4 rings (SSSR count). The molecule has 0 radical (unpaired) electrons. The number of carbonyl (C=O) groups is 3. The van der Waals surface area contributed by atoms with E-state index in [-0.39, 0.29) is 23.5 Å². The van der Waals surface area contributed by atoms with Crippen molar-refractivity contribution in [2.75, 3.05) is 21.7 Å². The van der Waals surface area contributed by atoms with Crippen LogP contribution in [0.2, 0.25) is 0 Å². The van der Waals surface area contributed by atoms with Crippen molar-refractivity contribution >= 4 is 39.9 Å². The molecule has 0 saturated heterocycles. The number of aryl methyl sites for hydroxylation is 1. The lowest BCUT2D eigenvalue weighted by Gasteiger charge is -2.33. The van der Waals surface area contributed by atoms with Gasteiger partial charge in [-0.05, 0) is 86.9 Å². The number of benzene rings is 2. The zero-order valence-corrected chi connectivity index (χ0v) is 22.0. The average Bonchev–Trinajstić information content (AvgIpc) is 3.38. The Morgan fingerprint density at radius 1 is 1.00 bits per heavy atom. The summed E-state index contributed by atoms with van der Waals surface area (Å²) >= 11 is 0. The summed E-state index contributed by atoms with van der Waals surface area (Å²) in [5.41, 5.74) is 3.29. The molecule has 2 aromatic carbocycles. The largest absolute Gasteiger partial charge is 0.352 e. The number of fused-ring (bicyclic) bond motifs is 1. The van der Waals surface area contributed by atoms with E-state index in [9.17, 15) is 23.0 Å². The van der Waals surface area contributed by atoms with E-state index in [1.807, 2.05) is 12.1 Å². The maximum absolute atomic E-state index is 13.6. The van der Waals surface area contributed by atoms with Crippen LogP contribution in [0.15, 0.2) is 42.5 Å². The number of nitrogens with zero attached hydrogens (tertiary/aromatic N) is 1. The van der Waals surface area contributed by atoms with E-state index in [2.05, 4.69) is 16.7 Å². The lowest BCUT2D eigenvalue weighted by molar-refractivity contribution is -0.125. The summed E-state index contributed by atoms with van der Waals surface area (Å²) < 4.78 is 25.9. The number of nitrogens with one attached hydrogen (secondary N) is 2. The molecule has 198 valence electrons. The van der Waals surface area contributed by atoms with Crippen molar-refractivity contribution in [2.24, 2.45) is 0 Å². The fourth-order valence-corrected chi connectivity index (χ4v) is 6.07. The van der Waals surface area contributed by atoms with Crippen LogP contribution in [-0.2, 0) is 38.0 Å². The molecular weight excluding hydrogens is 493 g/mol. The summed E-state index contributed by atoms with van der Waals surface area (Å²) in [5.74, 6) is -2.42. The number of hydrogen-bond acceptors (Lipinski definition) is 4. The highest BCUT2D eigenvalue weighted by molar-refractivity contribution is 7.86. The predicted octanol–water partition coefficient (Wildman–Crippen LogP) is 3.87. The Kier molecular flexibility index (Phi) is 9.08. The first-order valence-corrected chi connectivity index (χ1v) is 14.4. The van der Waals surface area contributed by atoms with Crippen LogP contribution >= 0.6 is 0 Å². The van der Waals surface area contributed by atoms with E-state index >= 15 is 0 Å². The second-order valence-electron chi connectivity index (χ2n) is 9.84. The van der Waals surface area contributed by atoms with Crippen molar-refractivity contribution in [2.45, 2.75) is 70.4 Å². The van der Waals surface area contributed by atoms with E-state index in [0.29, 0.717) is 11.4 Å². The molecule has 9 heteroatoms. The van der Waals surface area contributed by atoms with Crippen LogP contribution in [0.25, 0.3) is 0 Å². The van der Waals surface area contributed by atoms with E-state index < -0.39 is 34.5 Å². The third-order valence-corrected chi connectivity index (χ3v) is 8.23. The average molecular weight is 528 g/mol. The van der Waals surface area contributed by atoms with Gasteiger partial charge in [-0.25, -0.2) is 4.39 Å². The van der Waals surface area contributed by atoms with E-state index in [0.717, 1.165) is 56.9 Å². The number of carbonyl (C=O) groups excluding carboxylic acids is 3. The summed E-state index contributed by atoms with van der Waals surface area (Å²) in [5, 5.41) is 5.65. The third-order valence-electron chi connectivity index (χ3n) is 7.07. The summed E-state index contributed by atoms with van der Waals surface area (Å²) in [4.78, 5) is 40.6. The minimum absolute atomic E-state index is 0.112. The van der Waals surface area contributed by atoms with Crippen molar-refractivity contribution in [3.05, 3.63) is 59.4 Å². The van der Waals surface area contributed by atoms with Gasteiger partial charge in [0.1, 0.15) is 23.4 Å². The molecule has 0 spiro atoms. The fraction of sp³-hybridized carbons (Fsp3) is 0.464. The molecule has 37 heavy (non-hydrogen) atoms. The number of amides is 3. The molecule has 0 aliphatic heterocycles. The first-order valence-electron chi connectivity index (χ1n) is 13.0. The number of anilines is 2. The Morgan fingerprint density at radius 2 is 1.70 bits per heavy atom. The molecule has 3 amide bonds. The minimum Gasteiger partial charge on any atom is -0.352 e. The fourth-order valence-electron chi connectivity index (χ4n) is 5.19. The standard InChI is InChI=1S/C28H34FN3O4S/c1-19(28(35)31-22-9-3-4-10-22)32(25-12-6-8-20-7-2-5-11-24(20)25)27(34)18-37(36)17-26(33)30-23-15-13-21(29)14-16-23/h6,8,12-16,19,22H,2-5,7,9-11,17-18H2,1H3,(H,30,33)(H,31,35)/t19-,37-/m1/s1. The normalized spacial score (nSPS) is 16.9. The second-order valence-corrected chi connectivity index (χ2v) is 11.3. The first kappa shape index (κ1) is 27.0. The molecule has 1 fully saturated rings. The Morgan fingerprint density at radius 3 is 2.43 bits per heavy atom. The summed E-state index contributed by atoms with van der Waals surface area (Å²) in [6, 6.07) is 10.4. The van der Waals surface area contributed by atoms with Gasteiger partial charge in [0.05, 0.1) is 0 Å². The molecule has 0 bridgehead atoms. The third kappa shape index (κ3) is 7.03. The van der Waals surface area contributed by atoms with Gasteiger partial charge in [-0.15, -0.1) is 0 Å². The van der Waals surface area contributed by atoms with Gasteiger partial charge in [0.15, 0.2) is 0 Å². The smallest absolute Gasteiger partial charge is 0.243 e. The number of hydrogen-bond donors (Lipinski definition) is 2. The number of rotatable bonds is 9. The van der Waals surface area contributed by atoms with Gasteiger partial charge in [0.2, 0.25) is 17.7 Å². The molecule has 7 nitrogen and oxygen atoms in total. The van der Waals surface area contributed by atoms with Crippen LogP contribution in [-0.4, -0.2) is 45.5 Å². The molecule has 0 unspecified atom stereocenters. The lowest BCUT2D eigenvalue weighted by atomic mass is 9.89. The number of halogens is 1. The van der Waals surface area contributed by atoms with Crippen molar-refractivity contribution in [1.82, 2.24) is 5.32 Å². The maximum Gasteiger partial charge on any atom is 0.243 e. The summed E-state index contributed by atoms with van der Waals surface area (Å²) in [7, 11) is -1.80. The van der Waals surface area contributed by atoms with Crippen LogP contribution < -0.4 is 15.5 Å². The van der Waals surface area contributed by atoms with Gasteiger partial charge in [-0.2, -0.15) is 0 Å². The highest BCUT2D eigenvalue weighted by Crippen LogP contribution is 2.32. The molecule has 2 aliphatic carbocycles. The van der Waals surface area contributed by atoms with E-state index in [1.54, 1.807) is 6.92 Å². The lowest BCUT2D eigenvalue weighted by Crippen LogP contribution is -2.52. The summed E-state index contributed by atoms with van der Waals surface area (Å²) in [6.45, 7) is 1.70. The topological polar surface area (TPSA) is 95.6 Å². The molecule has 2 N–H and O–H groups in total. The molecule has 0 aromatic heterocycles. The van der Waals surface area contributed by atoms with Gasteiger partial charge in [-0.3, -0.25) is 23.5 Å².